The van der Waals surface area contributed by atoms with Crippen molar-refractivity contribution in [1.29, 1.82) is 0 Å². The van der Waals surface area contributed by atoms with Crippen LogP contribution in [0.3, 0.4) is 0 Å². The minimum Gasteiger partial charge on any atom is -0.497 e. The summed E-state index contributed by atoms with van der Waals surface area (Å²) in [5, 5.41) is 5.50. The van der Waals surface area contributed by atoms with E-state index in [0.29, 0.717) is 34.1 Å². The van der Waals surface area contributed by atoms with Gasteiger partial charge < -0.3 is 24.8 Å². The quantitative estimate of drug-likeness (QED) is 0.489. The molecule has 2 N–H and O–H groups in total. The van der Waals surface area contributed by atoms with Crippen LogP contribution in [0.25, 0.3) is 6.08 Å². The highest BCUT2D eigenvalue weighted by Crippen LogP contribution is 2.33. The summed E-state index contributed by atoms with van der Waals surface area (Å²) >= 11 is 3.35. The minimum atomic E-state index is -0.474. The van der Waals surface area contributed by atoms with Crippen molar-refractivity contribution < 1.29 is 23.8 Å². The number of rotatable bonds is 6. The highest BCUT2D eigenvalue weighted by molar-refractivity contribution is 9.10. The fourth-order valence-corrected chi connectivity index (χ4v) is 3.26. The van der Waals surface area contributed by atoms with E-state index in [1.165, 1.54) is 0 Å². The van der Waals surface area contributed by atoms with Gasteiger partial charge >= 0.3 is 0 Å². The van der Waals surface area contributed by atoms with Crippen LogP contribution in [-0.2, 0) is 4.79 Å². The van der Waals surface area contributed by atoms with Crippen molar-refractivity contribution in [2.75, 3.05) is 19.2 Å². The molecule has 0 unspecified atom stereocenters. The number of nitrogens with one attached hydrogen (secondary N) is 2. The number of fused-ring (bicyclic) bond motifs is 1. The molecule has 1 heterocycles. The molecule has 0 spiro atoms. The van der Waals surface area contributed by atoms with Gasteiger partial charge in [0, 0.05) is 15.7 Å². The fourth-order valence-electron chi connectivity index (χ4n) is 3.00. The lowest BCUT2D eigenvalue weighted by Crippen LogP contribution is -2.30. The highest BCUT2D eigenvalue weighted by Gasteiger charge is 2.17. The van der Waals surface area contributed by atoms with Gasteiger partial charge in [0.25, 0.3) is 11.8 Å². The van der Waals surface area contributed by atoms with E-state index < -0.39 is 11.8 Å². The van der Waals surface area contributed by atoms with Crippen molar-refractivity contribution in [2.45, 2.75) is 0 Å². The molecule has 1 aliphatic heterocycles. The second-order valence-electron chi connectivity index (χ2n) is 6.81. The van der Waals surface area contributed by atoms with Gasteiger partial charge in [-0.3, -0.25) is 9.59 Å². The number of anilines is 1. The van der Waals surface area contributed by atoms with E-state index in [0.717, 1.165) is 4.47 Å². The molecule has 0 saturated heterocycles. The third-order valence-electron chi connectivity index (χ3n) is 4.65. The van der Waals surface area contributed by atoms with E-state index in [2.05, 4.69) is 26.6 Å². The average molecular weight is 495 g/mol. The van der Waals surface area contributed by atoms with E-state index in [4.69, 9.17) is 14.2 Å². The van der Waals surface area contributed by atoms with Gasteiger partial charge in [0.2, 0.25) is 6.79 Å². The van der Waals surface area contributed by atoms with Crippen LogP contribution in [0.1, 0.15) is 15.9 Å². The maximum Gasteiger partial charge on any atom is 0.272 e. The Kier molecular flexibility index (Phi) is 6.42. The first-order valence-corrected chi connectivity index (χ1v) is 10.4. The Labute approximate surface area is 193 Å². The van der Waals surface area contributed by atoms with Gasteiger partial charge in [-0.15, -0.1) is 0 Å². The Balaban J connectivity index is 1.61. The Hall–Kier alpha value is -3.78. The SMILES string of the molecule is COc1ccc(NC(=O)/C(=C\c2ccc3c(c2)OCO3)NC(=O)c2ccc(Br)cc2)cc1. The predicted molar refractivity (Wildman–Crippen MR) is 124 cm³/mol. The molecule has 32 heavy (non-hydrogen) atoms. The van der Waals surface area contributed by atoms with Crippen LogP contribution >= 0.6 is 15.9 Å². The number of methoxy groups -OCH3 is 1. The summed E-state index contributed by atoms with van der Waals surface area (Å²) in [5.74, 6) is 0.994. The van der Waals surface area contributed by atoms with Crippen LogP contribution in [0.15, 0.2) is 76.9 Å². The van der Waals surface area contributed by atoms with Crippen molar-refractivity contribution in [3.63, 3.8) is 0 Å². The van der Waals surface area contributed by atoms with E-state index in [1.807, 2.05) is 0 Å². The number of ether oxygens (including phenoxy) is 3. The molecule has 1 aliphatic rings. The second-order valence-corrected chi connectivity index (χ2v) is 7.73. The predicted octanol–water partition coefficient (Wildman–Crippen LogP) is 4.60. The molecule has 3 aromatic rings. The van der Waals surface area contributed by atoms with E-state index in [-0.39, 0.29) is 12.5 Å². The zero-order valence-corrected chi connectivity index (χ0v) is 18.6. The fraction of sp³-hybridized carbons (Fsp3) is 0.0833. The first-order chi connectivity index (χ1) is 15.5. The molecule has 8 heteroatoms. The Bertz CT molecular complexity index is 1170. The summed E-state index contributed by atoms with van der Waals surface area (Å²) < 4.78 is 16.7. The summed E-state index contributed by atoms with van der Waals surface area (Å²) in [6.07, 6.45) is 1.58. The smallest absolute Gasteiger partial charge is 0.272 e. The number of amides is 2. The second kappa shape index (κ2) is 9.57. The molecule has 0 radical (unpaired) electrons. The minimum absolute atomic E-state index is 0.0765. The normalized spacial score (nSPS) is 12.2. The largest absolute Gasteiger partial charge is 0.497 e. The third-order valence-corrected chi connectivity index (χ3v) is 5.18. The van der Waals surface area contributed by atoms with Crippen molar-refractivity contribution in [3.8, 4) is 17.2 Å². The molecule has 3 aromatic carbocycles. The van der Waals surface area contributed by atoms with Crippen LogP contribution in [0.2, 0.25) is 0 Å². The third kappa shape index (κ3) is 5.09. The van der Waals surface area contributed by atoms with E-state index in [9.17, 15) is 9.59 Å². The summed E-state index contributed by atoms with van der Waals surface area (Å²) in [6, 6.07) is 19.0. The maximum atomic E-state index is 13.0. The van der Waals surface area contributed by atoms with Crippen LogP contribution in [0.5, 0.6) is 17.2 Å². The Morgan fingerprint density at radius 3 is 2.41 bits per heavy atom. The average Bonchev–Trinajstić information content (AvgIpc) is 3.27. The van der Waals surface area contributed by atoms with Crippen molar-refractivity contribution in [3.05, 3.63) is 88.0 Å². The van der Waals surface area contributed by atoms with Crippen LogP contribution < -0.4 is 24.8 Å². The van der Waals surface area contributed by atoms with Gasteiger partial charge in [0.05, 0.1) is 7.11 Å². The molecular formula is C24H19BrN2O5. The van der Waals surface area contributed by atoms with E-state index in [1.54, 1.807) is 79.9 Å². The summed E-state index contributed by atoms with van der Waals surface area (Å²) in [6.45, 7) is 0.146. The van der Waals surface area contributed by atoms with Gasteiger partial charge in [-0.05, 0) is 72.3 Å². The standard InChI is InChI=1S/C24H19BrN2O5/c1-30-19-9-7-18(8-10-19)26-24(29)20(27-23(28)16-3-5-17(25)6-4-16)12-15-2-11-21-22(13-15)32-14-31-21/h2-13H,14H2,1H3,(H,26,29)(H,27,28)/b20-12+. The van der Waals surface area contributed by atoms with Crippen LogP contribution in [0, 0.1) is 0 Å². The lowest BCUT2D eigenvalue weighted by Gasteiger charge is -2.12. The molecule has 162 valence electrons. The molecule has 0 fully saturated rings. The number of benzene rings is 3. The lowest BCUT2D eigenvalue weighted by molar-refractivity contribution is -0.113. The molecule has 0 saturated carbocycles. The molecular weight excluding hydrogens is 476 g/mol. The molecule has 0 aliphatic carbocycles. The zero-order chi connectivity index (χ0) is 22.5. The summed E-state index contributed by atoms with van der Waals surface area (Å²) in [7, 11) is 1.57. The van der Waals surface area contributed by atoms with E-state index >= 15 is 0 Å². The monoisotopic (exact) mass is 494 g/mol. The van der Waals surface area contributed by atoms with Crippen molar-refractivity contribution >= 4 is 39.5 Å². The number of hydrogen-bond donors (Lipinski definition) is 2. The molecule has 0 aromatic heterocycles. The van der Waals surface area contributed by atoms with Gasteiger partial charge in [-0.1, -0.05) is 22.0 Å². The Morgan fingerprint density at radius 2 is 1.69 bits per heavy atom. The van der Waals surface area contributed by atoms with Gasteiger partial charge in [-0.2, -0.15) is 0 Å². The molecule has 7 nitrogen and oxygen atoms in total. The highest BCUT2D eigenvalue weighted by atomic mass is 79.9. The van der Waals surface area contributed by atoms with Crippen LogP contribution in [-0.4, -0.2) is 25.7 Å². The van der Waals surface area contributed by atoms with Gasteiger partial charge in [0.1, 0.15) is 11.4 Å². The Morgan fingerprint density at radius 1 is 0.969 bits per heavy atom. The topological polar surface area (TPSA) is 85.9 Å². The molecule has 0 atom stereocenters. The van der Waals surface area contributed by atoms with Crippen molar-refractivity contribution in [1.82, 2.24) is 5.32 Å². The van der Waals surface area contributed by atoms with Gasteiger partial charge in [-0.25, -0.2) is 0 Å². The molecule has 4 rings (SSSR count). The number of carbonyl (C=O) groups excluding carboxylic acids is 2. The van der Waals surface area contributed by atoms with Gasteiger partial charge in [0.15, 0.2) is 11.5 Å². The lowest BCUT2D eigenvalue weighted by atomic mass is 10.1. The number of halogens is 1. The van der Waals surface area contributed by atoms with Crippen molar-refractivity contribution in [2.24, 2.45) is 0 Å². The first kappa shape index (κ1) is 21.5. The number of hydrogen-bond acceptors (Lipinski definition) is 5. The summed E-state index contributed by atoms with van der Waals surface area (Å²) in [4.78, 5) is 25.8. The molecule has 0 bridgehead atoms. The summed E-state index contributed by atoms with van der Waals surface area (Å²) in [5.41, 5.74) is 1.73. The van der Waals surface area contributed by atoms with Crippen LogP contribution in [0.4, 0.5) is 5.69 Å². The first-order valence-electron chi connectivity index (χ1n) is 9.65. The maximum absolute atomic E-state index is 13.0. The molecule has 2 amide bonds. The zero-order valence-electron chi connectivity index (χ0n) is 17.1. The number of carbonyl (C=O) groups is 2.